The van der Waals surface area contributed by atoms with Crippen LogP contribution in [0.3, 0.4) is 0 Å². The third kappa shape index (κ3) is 2.81. The minimum absolute atomic E-state index is 0.566. The van der Waals surface area contributed by atoms with E-state index in [9.17, 15) is 0 Å². The zero-order valence-corrected chi connectivity index (χ0v) is 12.8. The van der Waals surface area contributed by atoms with Gasteiger partial charge in [-0.05, 0) is 45.4 Å². The van der Waals surface area contributed by atoms with Crippen molar-refractivity contribution in [1.82, 2.24) is 19.5 Å². The molecule has 1 atom stereocenters. The van der Waals surface area contributed by atoms with Crippen molar-refractivity contribution in [2.75, 3.05) is 6.54 Å². The van der Waals surface area contributed by atoms with Gasteiger partial charge >= 0.3 is 0 Å². The molecule has 1 fully saturated rings. The summed E-state index contributed by atoms with van der Waals surface area (Å²) < 4.78 is 1.78. The number of hydrogen-bond donors (Lipinski definition) is 0. The van der Waals surface area contributed by atoms with E-state index in [-0.39, 0.29) is 0 Å². The summed E-state index contributed by atoms with van der Waals surface area (Å²) in [7, 11) is 0. The topological polar surface area (TPSA) is 33.4 Å². The maximum atomic E-state index is 5.99. The summed E-state index contributed by atoms with van der Waals surface area (Å²) >= 11 is 5.99. The second-order valence-electron chi connectivity index (χ2n) is 5.86. The van der Waals surface area contributed by atoms with Crippen molar-refractivity contribution in [2.45, 2.75) is 51.6 Å². The summed E-state index contributed by atoms with van der Waals surface area (Å²) in [6.07, 6.45) is 6.61. The molecule has 5 heteroatoms. The van der Waals surface area contributed by atoms with E-state index in [1.807, 2.05) is 18.3 Å². The molecule has 0 spiro atoms. The zero-order chi connectivity index (χ0) is 14.1. The summed E-state index contributed by atoms with van der Waals surface area (Å²) in [5.74, 6) is 0.921. The van der Waals surface area contributed by atoms with Gasteiger partial charge < -0.3 is 0 Å². The summed E-state index contributed by atoms with van der Waals surface area (Å²) in [5.41, 5.74) is 0.872. The maximum absolute atomic E-state index is 5.99. The van der Waals surface area contributed by atoms with Gasteiger partial charge in [0.15, 0.2) is 11.5 Å². The highest BCUT2D eigenvalue weighted by atomic mass is 35.5. The summed E-state index contributed by atoms with van der Waals surface area (Å²) in [6.45, 7) is 5.74. The number of pyridine rings is 1. The largest absolute Gasteiger partial charge is 0.298 e. The number of likely N-dealkylation sites (tertiary alicyclic amines) is 1. The first-order valence-corrected chi connectivity index (χ1v) is 7.78. The van der Waals surface area contributed by atoms with Crippen LogP contribution >= 0.6 is 11.6 Å². The Kier molecular flexibility index (Phi) is 3.94. The Morgan fingerprint density at radius 3 is 3.00 bits per heavy atom. The Morgan fingerprint density at radius 2 is 2.20 bits per heavy atom. The Labute approximate surface area is 124 Å². The minimum atomic E-state index is 0.566. The number of halogens is 1. The molecule has 4 nitrogen and oxygen atoms in total. The van der Waals surface area contributed by atoms with E-state index < -0.39 is 0 Å². The molecule has 0 radical (unpaired) electrons. The number of nitrogens with zero attached hydrogens (tertiary/aromatic N) is 4. The molecular formula is C15H21ClN4. The lowest BCUT2D eigenvalue weighted by atomic mass is 9.97. The standard InChI is InChI=1S/C15H21ClN4/c1-11(2)19-8-4-3-5-13(19)9-14-17-15-7-6-12(16)10-20(15)18-14/h6-7,10-11,13H,3-5,8-9H2,1-2H3. The third-order valence-electron chi connectivity index (χ3n) is 4.09. The molecule has 3 rings (SSSR count). The van der Waals surface area contributed by atoms with Gasteiger partial charge in [0.05, 0.1) is 5.02 Å². The quantitative estimate of drug-likeness (QED) is 0.871. The van der Waals surface area contributed by atoms with Gasteiger partial charge in [-0.3, -0.25) is 4.90 Å². The van der Waals surface area contributed by atoms with Crippen LogP contribution < -0.4 is 0 Å². The molecule has 0 saturated carbocycles. The highest BCUT2D eigenvalue weighted by Crippen LogP contribution is 2.22. The first-order chi connectivity index (χ1) is 9.63. The van der Waals surface area contributed by atoms with Crippen molar-refractivity contribution >= 4 is 17.2 Å². The van der Waals surface area contributed by atoms with E-state index in [0.717, 1.165) is 17.9 Å². The zero-order valence-electron chi connectivity index (χ0n) is 12.1. The molecule has 2 aromatic rings. The lowest BCUT2D eigenvalue weighted by molar-refractivity contribution is 0.110. The SMILES string of the molecule is CC(C)N1CCCCC1Cc1nc2ccc(Cl)cn2n1. The predicted octanol–water partition coefficient (Wildman–Crippen LogP) is 3.19. The van der Waals surface area contributed by atoms with Crippen molar-refractivity contribution in [3.05, 3.63) is 29.2 Å². The molecule has 1 saturated heterocycles. The van der Waals surface area contributed by atoms with Crippen LogP contribution in [0.1, 0.15) is 38.9 Å². The molecule has 2 aromatic heterocycles. The maximum Gasteiger partial charge on any atom is 0.155 e. The number of rotatable bonds is 3. The molecular weight excluding hydrogens is 272 g/mol. The molecule has 1 aliphatic heterocycles. The number of aromatic nitrogens is 3. The van der Waals surface area contributed by atoms with Crippen molar-refractivity contribution in [3.63, 3.8) is 0 Å². The van der Waals surface area contributed by atoms with Crippen molar-refractivity contribution < 1.29 is 0 Å². The van der Waals surface area contributed by atoms with E-state index in [1.165, 1.54) is 25.8 Å². The van der Waals surface area contributed by atoms with Crippen LogP contribution in [0.4, 0.5) is 0 Å². The van der Waals surface area contributed by atoms with E-state index in [1.54, 1.807) is 4.52 Å². The van der Waals surface area contributed by atoms with Gasteiger partial charge in [-0.25, -0.2) is 9.50 Å². The second-order valence-corrected chi connectivity index (χ2v) is 6.30. The fourth-order valence-corrected chi connectivity index (χ4v) is 3.28. The normalized spacial score (nSPS) is 20.9. The summed E-state index contributed by atoms with van der Waals surface area (Å²) in [5, 5.41) is 5.25. The predicted molar refractivity (Wildman–Crippen MR) is 81.2 cm³/mol. The molecule has 1 aliphatic rings. The third-order valence-corrected chi connectivity index (χ3v) is 4.32. The highest BCUT2D eigenvalue weighted by Gasteiger charge is 2.25. The van der Waals surface area contributed by atoms with Crippen molar-refractivity contribution in [1.29, 1.82) is 0 Å². The number of fused-ring (bicyclic) bond motifs is 1. The van der Waals surface area contributed by atoms with E-state index in [0.29, 0.717) is 17.1 Å². The van der Waals surface area contributed by atoms with Crippen LogP contribution in [0.15, 0.2) is 18.3 Å². The number of hydrogen-bond acceptors (Lipinski definition) is 3. The monoisotopic (exact) mass is 292 g/mol. The lowest BCUT2D eigenvalue weighted by Gasteiger charge is -2.38. The van der Waals surface area contributed by atoms with Gasteiger partial charge in [0.2, 0.25) is 0 Å². The lowest BCUT2D eigenvalue weighted by Crippen LogP contribution is -2.45. The smallest absolute Gasteiger partial charge is 0.155 e. The van der Waals surface area contributed by atoms with Gasteiger partial charge in [-0.1, -0.05) is 18.0 Å². The second kappa shape index (κ2) is 5.70. The first-order valence-electron chi connectivity index (χ1n) is 7.40. The molecule has 108 valence electrons. The molecule has 0 amide bonds. The fourth-order valence-electron chi connectivity index (χ4n) is 3.12. The average molecular weight is 293 g/mol. The van der Waals surface area contributed by atoms with Crippen LogP contribution in [0.25, 0.3) is 5.65 Å². The fraction of sp³-hybridized carbons (Fsp3) is 0.600. The molecule has 0 aromatic carbocycles. The molecule has 1 unspecified atom stereocenters. The van der Waals surface area contributed by atoms with Crippen LogP contribution in [-0.4, -0.2) is 38.1 Å². The van der Waals surface area contributed by atoms with E-state index in [2.05, 4.69) is 28.8 Å². The van der Waals surface area contributed by atoms with Gasteiger partial charge in [0, 0.05) is 24.7 Å². The van der Waals surface area contributed by atoms with Crippen molar-refractivity contribution in [2.24, 2.45) is 0 Å². The van der Waals surface area contributed by atoms with Crippen molar-refractivity contribution in [3.8, 4) is 0 Å². The van der Waals surface area contributed by atoms with Crippen LogP contribution in [0.2, 0.25) is 5.02 Å². The molecule has 0 aliphatic carbocycles. The summed E-state index contributed by atoms with van der Waals surface area (Å²) in [6, 6.07) is 4.93. The first kappa shape index (κ1) is 13.8. The van der Waals surface area contributed by atoms with Crippen LogP contribution in [0, 0.1) is 0 Å². The van der Waals surface area contributed by atoms with Gasteiger partial charge in [0.25, 0.3) is 0 Å². The minimum Gasteiger partial charge on any atom is -0.298 e. The Bertz CT molecular complexity index is 593. The average Bonchev–Trinajstić information content (AvgIpc) is 2.80. The summed E-state index contributed by atoms with van der Waals surface area (Å²) in [4.78, 5) is 7.19. The van der Waals surface area contributed by atoms with E-state index >= 15 is 0 Å². The molecule has 0 N–H and O–H groups in total. The number of piperidine rings is 1. The Hall–Kier alpha value is -1.13. The molecule has 20 heavy (non-hydrogen) atoms. The van der Waals surface area contributed by atoms with Gasteiger partial charge in [0.1, 0.15) is 0 Å². The van der Waals surface area contributed by atoms with Gasteiger partial charge in [-0.15, -0.1) is 0 Å². The Balaban J connectivity index is 1.80. The molecule has 0 bridgehead atoms. The Morgan fingerprint density at radius 1 is 1.35 bits per heavy atom. The molecule has 3 heterocycles. The highest BCUT2D eigenvalue weighted by molar-refractivity contribution is 6.30. The van der Waals surface area contributed by atoms with Crippen LogP contribution in [0.5, 0.6) is 0 Å². The van der Waals surface area contributed by atoms with Gasteiger partial charge in [-0.2, -0.15) is 5.10 Å². The van der Waals surface area contributed by atoms with Crippen LogP contribution in [-0.2, 0) is 6.42 Å². The van der Waals surface area contributed by atoms with E-state index in [4.69, 9.17) is 11.6 Å².